The number of ether oxygens (including phenoxy) is 2. The third-order valence-electron chi connectivity index (χ3n) is 3.79. The molecule has 0 unspecified atom stereocenters. The zero-order valence-electron chi connectivity index (χ0n) is 13.9. The first-order valence-corrected chi connectivity index (χ1v) is 7.63. The smallest absolute Gasteiger partial charge is 0.323 e. The SMILES string of the molecule is COc1ccc(NC(=O)Nc2cccc3c(O)cccc23)cc1OC. The van der Waals surface area contributed by atoms with Crippen molar-refractivity contribution >= 4 is 28.2 Å². The summed E-state index contributed by atoms with van der Waals surface area (Å²) in [5, 5.41) is 16.9. The Kier molecular flexibility index (Phi) is 4.61. The van der Waals surface area contributed by atoms with Gasteiger partial charge in [-0.15, -0.1) is 0 Å². The van der Waals surface area contributed by atoms with Crippen molar-refractivity contribution in [2.24, 2.45) is 0 Å². The maximum atomic E-state index is 12.3. The first kappa shape index (κ1) is 16.4. The number of hydrogen-bond donors (Lipinski definition) is 3. The lowest BCUT2D eigenvalue weighted by Gasteiger charge is -2.12. The Morgan fingerprint density at radius 2 is 1.60 bits per heavy atom. The number of phenolic OH excluding ortho intramolecular Hbond substituents is 1. The van der Waals surface area contributed by atoms with Gasteiger partial charge in [0.2, 0.25) is 0 Å². The molecule has 0 atom stereocenters. The lowest BCUT2D eigenvalue weighted by Crippen LogP contribution is -2.19. The molecule has 3 aromatic rings. The van der Waals surface area contributed by atoms with Gasteiger partial charge in [-0.2, -0.15) is 0 Å². The molecular weight excluding hydrogens is 320 g/mol. The number of rotatable bonds is 4. The molecule has 6 nitrogen and oxygen atoms in total. The standard InChI is InChI=1S/C19H18N2O4/c1-24-17-10-9-12(11-18(17)25-2)20-19(23)21-15-7-3-6-14-13(15)5-4-8-16(14)22/h3-11,22H,1-2H3,(H2,20,21,23). The fraction of sp³-hybridized carbons (Fsp3) is 0.105. The third kappa shape index (κ3) is 3.42. The second-order valence-corrected chi connectivity index (χ2v) is 5.33. The van der Waals surface area contributed by atoms with Crippen LogP contribution in [-0.2, 0) is 0 Å². The number of anilines is 2. The number of carbonyl (C=O) groups is 1. The monoisotopic (exact) mass is 338 g/mol. The molecule has 3 aromatic carbocycles. The Bertz CT molecular complexity index is 924. The first-order valence-electron chi connectivity index (χ1n) is 7.63. The molecule has 0 heterocycles. The molecule has 6 heteroatoms. The van der Waals surface area contributed by atoms with Crippen LogP contribution in [0.25, 0.3) is 10.8 Å². The highest BCUT2D eigenvalue weighted by molar-refractivity contribution is 6.07. The van der Waals surface area contributed by atoms with Crippen molar-refractivity contribution in [1.82, 2.24) is 0 Å². The van der Waals surface area contributed by atoms with Crippen LogP contribution in [0.5, 0.6) is 17.2 Å². The van der Waals surface area contributed by atoms with Crippen LogP contribution in [0.1, 0.15) is 0 Å². The summed E-state index contributed by atoms with van der Waals surface area (Å²) in [7, 11) is 3.08. The number of hydrogen-bond acceptors (Lipinski definition) is 4. The van der Waals surface area contributed by atoms with E-state index in [0.717, 1.165) is 5.39 Å². The maximum absolute atomic E-state index is 12.3. The maximum Gasteiger partial charge on any atom is 0.323 e. The van der Waals surface area contributed by atoms with Crippen molar-refractivity contribution in [1.29, 1.82) is 0 Å². The molecular formula is C19H18N2O4. The number of urea groups is 1. The molecule has 3 N–H and O–H groups in total. The number of phenols is 1. The van der Waals surface area contributed by atoms with Gasteiger partial charge in [0, 0.05) is 22.5 Å². The normalized spacial score (nSPS) is 10.3. The molecule has 0 saturated carbocycles. The summed E-state index contributed by atoms with van der Waals surface area (Å²) in [5.74, 6) is 1.27. The summed E-state index contributed by atoms with van der Waals surface area (Å²) >= 11 is 0. The van der Waals surface area contributed by atoms with Crippen LogP contribution in [0.3, 0.4) is 0 Å². The van der Waals surface area contributed by atoms with Crippen molar-refractivity contribution in [3.05, 3.63) is 54.6 Å². The van der Waals surface area contributed by atoms with Gasteiger partial charge in [-0.25, -0.2) is 4.79 Å². The number of methoxy groups -OCH3 is 2. The molecule has 0 spiro atoms. The summed E-state index contributed by atoms with van der Waals surface area (Å²) in [4.78, 5) is 12.3. The van der Waals surface area contributed by atoms with Crippen LogP contribution in [0, 0.1) is 0 Å². The average Bonchev–Trinajstić information content (AvgIpc) is 2.62. The molecule has 3 rings (SSSR count). The summed E-state index contributed by atoms with van der Waals surface area (Å²) in [6, 6.07) is 15.2. The Morgan fingerprint density at radius 1 is 0.880 bits per heavy atom. The minimum absolute atomic E-state index is 0.168. The number of aromatic hydroxyl groups is 1. The fourth-order valence-electron chi connectivity index (χ4n) is 2.60. The quantitative estimate of drug-likeness (QED) is 0.666. The van der Waals surface area contributed by atoms with Crippen LogP contribution >= 0.6 is 0 Å². The van der Waals surface area contributed by atoms with E-state index in [-0.39, 0.29) is 5.75 Å². The predicted octanol–water partition coefficient (Wildman–Crippen LogP) is 4.21. The minimum atomic E-state index is -0.400. The zero-order valence-corrected chi connectivity index (χ0v) is 13.9. The van der Waals surface area contributed by atoms with Crippen molar-refractivity contribution < 1.29 is 19.4 Å². The van der Waals surface area contributed by atoms with Crippen LogP contribution in [-0.4, -0.2) is 25.4 Å². The fourth-order valence-corrected chi connectivity index (χ4v) is 2.60. The van der Waals surface area contributed by atoms with Crippen LogP contribution < -0.4 is 20.1 Å². The van der Waals surface area contributed by atoms with Gasteiger partial charge in [-0.05, 0) is 24.3 Å². The van der Waals surface area contributed by atoms with E-state index in [0.29, 0.717) is 28.3 Å². The molecule has 0 fully saturated rings. The van der Waals surface area contributed by atoms with E-state index >= 15 is 0 Å². The van der Waals surface area contributed by atoms with E-state index in [1.54, 1.807) is 55.6 Å². The second-order valence-electron chi connectivity index (χ2n) is 5.33. The van der Waals surface area contributed by atoms with Gasteiger partial charge in [-0.3, -0.25) is 0 Å². The summed E-state index contributed by atoms with van der Waals surface area (Å²) in [5.41, 5.74) is 1.17. The van der Waals surface area contributed by atoms with Crippen molar-refractivity contribution in [3.8, 4) is 17.2 Å². The Labute approximate surface area is 145 Å². The number of fused-ring (bicyclic) bond motifs is 1. The Morgan fingerprint density at radius 3 is 2.36 bits per heavy atom. The minimum Gasteiger partial charge on any atom is -0.507 e. The molecule has 25 heavy (non-hydrogen) atoms. The summed E-state index contributed by atoms with van der Waals surface area (Å²) < 4.78 is 10.4. The average molecular weight is 338 g/mol. The van der Waals surface area contributed by atoms with Gasteiger partial charge in [0.1, 0.15) is 5.75 Å². The first-order chi connectivity index (χ1) is 12.1. The lowest BCUT2D eigenvalue weighted by atomic mass is 10.1. The van der Waals surface area contributed by atoms with E-state index < -0.39 is 6.03 Å². The molecule has 2 amide bonds. The number of amides is 2. The van der Waals surface area contributed by atoms with Gasteiger partial charge in [0.05, 0.1) is 19.9 Å². The molecule has 128 valence electrons. The molecule has 0 aliphatic heterocycles. The lowest BCUT2D eigenvalue weighted by molar-refractivity contribution is 0.262. The van der Waals surface area contributed by atoms with Gasteiger partial charge in [0.25, 0.3) is 0 Å². The van der Waals surface area contributed by atoms with Crippen molar-refractivity contribution in [3.63, 3.8) is 0 Å². The second kappa shape index (κ2) is 7.00. The molecule has 0 aromatic heterocycles. The number of carbonyl (C=O) groups excluding carboxylic acids is 1. The van der Waals surface area contributed by atoms with Gasteiger partial charge in [-0.1, -0.05) is 24.3 Å². The van der Waals surface area contributed by atoms with Gasteiger partial charge >= 0.3 is 6.03 Å². The molecule has 0 bridgehead atoms. The topological polar surface area (TPSA) is 79.8 Å². The Balaban J connectivity index is 1.81. The Hall–Kier alpha value is -3.41. The van der Waals surface area contributed by atoms with E-state index in [1.165, 1.54) is 7.11 Å². The highest BCUT2D eigenvalue weighted by Gasteiger charge is 2.10. The predicted molar refractivity (Wildman–Crippen MR) is 97.8 cm³/mol. The largest absolute Gasteiger partial charge is 0.507 e. The van der Waals surface area contributed by atoms with Gasteiger partial charge in [0.15, 0.2) is 11.5 Å². The summed E-state index contributed by atoms with van der Waals surface area (Å²) in [6.45, 7) is 0. The molecule has 0 radical (unpaired) electrons. The van der Waals surface area contributed by atoms with E-state index in [9.17, 15) is 9.90 Å². The van der Waals surface area contributed by atoms with E-state index in [4.69, 9.17) is 9.47 Å². The molecule has 0 aliphatic carbocycles. The highest BCUT2D eigenvalue weighted by atomic mass is 16.5. The summed E-state index contributed by atoms with van der Waals surface area (Å²) in [6.07, 6.45) is 0. The van der Waals surface area contributed by atoms with E-state index in [2.05, 4.69) is 10.6 Å². The number of benzene rings is 3. The third-order valence-corrected chi connectivity index (χ3v) is 3.79. The van der Waals surface area contributed by atoms with Crippen molar-refractivity contribution in [2.45, 2.75) is 0 Å². The van der Waals surface area contributed by atoms with Crippen LogP contribution in [0.4, 0.5) is 16.2 Å². The van der Waals surface area contributed by atoms with Crippen molar-refractivity contribution in [2.75, 3.05) is 24.9 Å². The van der Waals surface area contributed by atoms with Crippen LogP contribution in [0.15, 0.2) is 54.6 Å². The van der Waals surface area contributed by atoms with E-state index in [1.807, 2.05) is 6.07 Å². The van der Waals surface area contributed by atoms with Gasteiger partial charge < -0.3 is 25.2 Å². The number of nitrogens with one attached hydrogen (secondary N) is 2. The zero-order chi connectivity index (χ0) is 17.8. The highest BCUT2D eigenvalue weighted by Crippen LogP contribution is 2.31. The van der Waals surface area contributed by atoms with Crippen LogP contribution in [0.2, 0.25) is 0 Å². The molecule has 0 aliphatic rings. The molecule has 0 saturated heterocycles.